The largest absolute Gasteiger partial charge is 0.396 e. The van der Waals surface area contributed by atoms with Crippen LogP contribution in [0, 0.1) is 12.8 Å². The Kier molecular flexibility index (Phi) is 4.67. The Morgan fingerprint density at radius 2 is 2.38 bits per heavy atom. The van der Waals surface area contributed by atoms with E-state index >= 15 is 0 Å². The molecular weight excluding hydrogens is 100 g/mol. The van der Waals surface area contributed by atoms with Gasteiger partial charge in [0, 0.05) is 6.61 Å². The van der Waals surface area contributed by atoms with E-state index in [0.717, 1.165) is 6.42 Å². The van der Waals surface area contributed by atoms with Gasteiger partial charge in [-0.05, 0) is 19.3 Å². The third kappa shape index (κ3) is 5.70. The fraction of sp³-hybridized carbons (Fsp3) is 0.571. The fourth-order valence-electron chi connectivity index (χ4n) is 0.403. The number of hydrogen-bond donors (Lipinski definition) is 1. The van der Waals surface area contributed by atoms with Crippen molar-refractivity contribution in [3.05, 3.63) is 19.1 Å². The van der Waals surface area contributed by atoms with Gasteiger partial charge in [0.25, 0.3) is 0 Å². The molecule has 1 N–H and O–H groups in total. The van der Waals surface area contributed by atoms with Crippen LogP contribution < -0.4 is 0 Å². The second-order valence-corrected chi connectivity index (χ2v) is 1.92. The maximum atomic E-state index is 8.31. The Morgan fingerprint density at radius 3 is 2.75 bits per heavy atom. The highest BCUT2D eigenvalue weighted by Crippen LogP contribution is 1.93. The maximum Gasteiger partial charge on any atom is 0.0465 e. The van der Waals surface area contributed by atoms with Gasteiger partial charge >= 0.3 is 0 Å². The van der Waals surface area contributed by atoms with E-state index in [1.54, 1.807) is 0 Å². The summed E-state index contributed by atoms with van der Waals surface area (Å²) < 4.78 is 0. The van der Waals surface area contributed by atoms with Crippen molar-refractivity contribution in [1.82, 2.24) is 0 Å². The van der Waals surface area contributed by atoms with E-state index in [-0.39, 0.29) is 6.61 Å². The van der Waals surface area contributed by atoms with Crippen LogP contribution in [0.1, 0.15) is 13.3 Å². The first kappa shape index (κ1) is 7.70. The van der Waals surface area contributed by atoms with Crippen LogP contribution >= 0.6 is 0 Å². The first-order valence-corrected chi connectivity index (χ1v) is 2.88. The molecule has 0 spiro atoms. The third-order valence-corrected chi connectivity index (χ3v) is 0.760. The Bertz CT molecular complexity index is 64.8. The molecule has 47 valence electrons. The topological polar surface area (TPSA) is 20.2 Å². The summed E-state index contributed by atoms with van der Waals surface area (Å²) in [5.41, 5.74) is 0. The molecule has 0 saturated carbocycles. The minimum atomic E-state index is 0.239. The van der Waals surface area contributed by atoms with Gasteiger partial charge in [-0.15, -0.1) is 0 Å². The predicted octanol–water partition coefficient (Wildman–Crippen LogP) is 1.40. The molecule has 0 bridgehead atoms. The first-order valence-electron chi connectivity index (χ1n) is 2.88. The molecule has 0 aromatic rings. The van der Waals surface area contributed by atoms with E-state index in [9.17, 15) is 0 Å². The highest BCUT2D eigenvalue weighted by Gasteiger charge is 1.80. The Morgan fingerprint density at radius 1 is 1.75 bits per heavy atom. The lowest BCUT2D eigenvalue weighted by molar-refractivity contribution is 0.302. The second-order valence-electron chi connectivity index (χ2n) is 1.92. The number of hydrogen-bond acceptors (Lipinski definition) is 1. The maximum absolute atomic E-state index is 8.31. The molecular formula is C7H13O. The molecule has 0 aliphatic heterocycles. The third-order valence-electron chi connectivity index (χ3n) is 0.760. The van der Waals surface area contributed by atoms with Gasteiger partial charge < -0.3 is 5.11 Å². The zero-order valence-electron chi connectivity index (χ0n) is 5.30. The Balaban J connectivity index is 3.07. The molecule has 1 radical (unpaired) electrons. The van der Waals surface area contributed by atoms with E-state index in [1.165, 1.54) is 0 Å². The lowest BCUT2D eigenvalue weighted by Crippen LogP contribution is -1.80. The van der Waals surface area contributed by atoms with Crippen molar-refractivity contribution in [1.29, 1.82) is 0 Å². The van der Waals surface area contributed by atoms with Crippen LogP contribution in [0.25, 0.3) is 0 Å². The van der Waals surface area contributed by atoms with Crippen molar-refractivity contribution in [2.24, 2.45) is 5.92 Å². The minimum Gasteiger partial charge on any atom is -0.396 e. The summed E-state index contributed by atoms with van der Waals surface area (Å²) in [6, 6.07) is 0. The number of aliphatic hydroxyl groups excluding tert-OH is 1. The summed E-state index contributed by atoms with van der Waals surface area (Å²) in [7, 11) is 0. The van der Waals surface area contributed by atoms with Crippen LogP contribution in [0.2, 0.25) is 0 Å². The van der Waals surface area contributed by atoms with Crippen LogP contribution in [0.5, 0.6) is 0 Å². The normalized spacial score (nSPS) is 11.5. The number of rotatable bonds is 3. The SMILES string of the molecule is [CH2]C(C)/C=C/CCO. The van der Waals surface area contributed by atoms with Crippen LogP contribution in [0.15, 0.2) is 12.2 Å². The summed E-state index contributed by atoms with van der Waals surface area (Å²) in [5.74, 6) is 0.363. The summed E-state index contributed by atoms with van der Waals surface area (Å²) in [5, 5.41) is 8.31. The summed E-state index contributed by atoms with van der Waals surface area (Å²) in [4.78, 5) is 0. The molecule has 0 saturated heterocycles. The average molecular weight is 113 g/mol. The molecule has 0 aliphatic rings. The number of aliphatic hydroxyl groups is 1. The molecule has 1 atom stereocenters. The molecule has 0 rings (SSSR count). The lowest BCUT2D eigenvalue weighted by Gasteiger charge is -1.90. The Hall–Kier alpha value is -0.300. The van der Waals surface area contributed by atoms with Crippen molar-refractivity contribution >= 4 is 0 Å². The minimum absolute atomic E-state index is 0.239. The summed E-state index contributed by atoms with van der Waals surface area (Å²) in [6.45, 7) is 5.99. The van der Waals surface area contributed by atoms with Crippen LogP contribution in [0.3, 0.4) is 0 Å². The second kappa shape index (κ2) is 4.85. The van der Waals surface area contributed by atoms with Crippen molar-refractivity contribution in [3.8, 4) is 0 Å². The van der Waals surface area contributed by atoms with Crippen LogP contribution in [-0.2, 0) is 0 Å². The van der Waals surface area contributed by atoms with Crippen molar-refractivity contribution in [2.75, 3.05) is 6.61 Å². The lowest BCUT2D eigenvalue weighted by atomic mass is 10.2. The molecule has 8 heavy (non-hydrogen) atoms. The van der Waals surface area contributed by atoms with Gasteiger partial charge in [0.05, 0.1) is 0 Å². The van der Waals surface area contributed by atoms with E-state index in [2.05, 4.69) is 6.92 Å². The van der Waals surface area contributed by atoms with Gasteiger partial charge in [0.15, 0.2) is 0 Å². The fourth-order valence-corrected chi connectivity index (χ4v) is 0.403. The summed E-state index contributed by atoms with van der Waals surface area (Å²) >= 11 is 0. The van der Waals surface area contributed by atoms with Crippen molar-refractivity contribution in [2.45, 2.75) is 13.3 Å². The first-order chi connectivity index (χ1) is 3.77. The molecule has 0 aliphatic carbocycles. The smallest absolute Gasteiger partial charge is 0.0465 e. The van der Waals surface area contributed by atoms with E-state index < -0.39 is 0 Å². The molecule has 0 amide bonds. The van der Waals surface area contributed by atoms with E-state index in [4.69, 9.17) is 5.11 Å². The molecule has 0 aromatic heterocycles. The van der Waals surface area contributed by atoms with Crippen molar-refractivity contribution in [3.63, 3.8) is 0 Å². The molecule has 1 unspecified atom stereocenters. The standard InChI is InChI=1S/C7H13O/c1-7(2)5-3-4-6-8/h3,5,7-8H,1,4,6H2,2H3/b5-3+. The van der Waals surface area contributed by atoms with Gasteiger partial charge in [-0.1, -0.05) is 19.1 Å². The van der Waals surface area contributed by atoms with Gasteiger partial charge in [-0.3, -0.25) is 0 Å². The zero-order chi connectivity index (χ0) is 6.41. The highest BCUT2D eigenvalue weighted by molar-refractivity contribution is 4.86. The van der Waals surface area contributed by atoms with Crippen molar-refractivity contribution < 1.29 is 5.11 Å². The quantitative estimate of drug-likeness (QED) is 0.548. The van der Waals surface area contributed by atoms with E-state index in [0.29, 0.717) is 5.92 Å². The van der Waals surface area contributed by atoms with E-state index in [1.807, 2.05) is 19.1 Å². The molecule has 0 fully saturated rings. The zero-order valence-corrected chi connectivity index (χ0v) is 5.30. The molecule has 0 aromatic carbocycles. The molecule has 0 heterocycles. The predicted molar refractivity (Wildman–Crippen MR) is 35.4 cm³/mol. The average Bonchev–Trinajstić information content (AvgIpc) is 1.66. The van der Waals surface area contributed by atoms with Gasteiger partial charge in [-0.25, -0.2) is 0 Å². The number of allylic oxidation sites excluding steroid dienone is 1. The summed E-state index contributed by atoms with van der Waals surface area (Å²) in [6.07, 6.45) is 4.67. The highest BCUT2D eigenvalue weighted by atomic mass is 16.2. The molecule has 1 heteroatoms. The van der Waals surface area contributed by atoms with Gasteiger partial charge in [0.1, 0.15) is 0 Å². The molecule has 1 nitrogen and oxygen atoms in total. The monoisotopic (exact) mass is 113 g/mol. The van der Waals surface area contributed by atoms with Crippen LogP contribution in [-0.4, -0.2) is 11.7 Å². The Labute approximate surface area is 51.0 Å². The van der Waals surface area contributed by atoms with Gasteiger partial charge in [0.2, 0.25) is 0 Å². The van der Waals surface area contributed by atoms with Crippen LogP contribution in [0.4, 0.5) is 0 Å². The van der Waals surface area contributed by atoms with Gasteiger partial charge in [-0.2, -0.15) is 0 Å².